The van der Waals surface area contributed by atoms with Crippen molar-refractivity contribution < 1.29 is 9.26 Å². The first-order chi connectivity index (χ1) is 8.15. The van der Waals surface area contributed by atoms with Crippen LogP contribution in [0.15, 0.2) is 28.8 Å². The van der Waals surface area contributed by atoms with E-state index in [9.17, 15) is 0 Å². The molecule has 0 aliphatic rings. The quantitative estimate of drug-likeness (QED) is 0.812. The molecule has 0 aliphatic heterocycles. The second-order valence-electron chi connectivity index (χ2n) is 4.25. The van der Waals surface area contributed by atoms with Crippen LogP contribution in [-0.4, -0.2) is 10.1 Å². The normalized spacial score (nSPS) is 10.8. The van der Waals surface area contributed by atoms with Crippen LogP contribution in [0.5, 0.6) is 5.75 Å². The van der Waals surface area contributed by atoms with E-state index >= 15 is 0 Å². The molecule has 0 aliphatic carbocycles. The minimum Gasteiger partial charge on any atom is -0.484 e. The summed E-state index contributed by atoms with van der Waals surface area (Å²) in [6, 6.07) is 8.05. The van der Waals surface area contributed by atoms with E-state index in [2.05, 4.69) is 36.1 Å². The summed E-state index contributed by atoms with van der Waals surface area (Å²) < 4.78 is 10.5. The van der Waals surface area contributed by atoms with Gasteiger partial charge in [-0.15, -0.1) is 0 Å². The van der Waals surface area contributed by atoms with E-state index in [0.717, 1.165) is 5.75 Å². The summed E-state index contributed by atoms with van der Waals surface area (Å²) in [6.07, 6.45) is 0. The van der Waals surface area contributed by atoms with Crippen LogP contribution in [0.2, 0.25) is 0 Å². The Kier molecular flexibility index (Phi) is 3.42. The summed E-state index contributed by atoms with van der Waals surface area (Å²) in [5.74, 6) is 2.46. The predicted octanol–water partition coefficient (Wildman–Crippen LogP) is 3.08. The van der Waals surface area contributed by atoms with Gasteiger partial charge < -0.3 is 9.26 Å². The van der Waals surface area contributed by atoms with Gasteiger partial charge in [0.25, 0.3) is 5.89 Å². The lowest BCUT2D eigenvalue weighted by atomic mass is 10.0. The molecule has 0 atom stereocenters. The number of nitrogens with zero attached hydrogens (tertiary/aromatic N) is 2. The van der Waals surface area contributed by atoms with E-state index in [1.165, 1.54) is 5.56 Å². The van der Waals surface area contributed by atoms with E-state index in [4.69, 9.17) is 9.26 Å². The third-order valence-electron chi connectivity index (χ3n) is 2.48. The van der Waals surface area contributed by atoms with Crippen molar-refractivity contribution in [2.24, 2.45) is 0 Å². The number of rotatable bonds is 4. The van der Waals surface area contributed by atoms with Gasteiger partial charge in [0.15, 0.2) is 12.4 Å². The molecule has 2 aromatic rings. The molecule has 1 aromatic carbocycles. The average Bonchev–Trinajstić information content (AvgIpc) is 2.73. The van der Waals surface area contributed by atoms with Crippen LogP contribution in [0.4, 0.5) is 0 Å². The molecule has 1 heterocycles. The summed E-state index contributed by atoms with van der Waals surface area (Å²) in [5, 5.41) is 3.70. The lowest BCUT2D eigenvalue weighted by Gasteiger charge is -2.07. The Labute approximate surface area is 101 Å². The number of hydrogen-bond donors (Lipinski definition) is 0. The molecule has 90 valence electrons. The Morgan fingerprint density at radius 1 is 1.24 bits per heavy atom. The van der Waals surface area contributed by atoms with Crippen LogP contribution in [0.1, 0.15) is 37.0 Å². The van der Waals surface area contributed by atoms with Crippen molar-refractivity contribution in [3.63, 3.8) is 0 Å². The van der Waals surface area contributed by atoms with E-state index in [0.29, 0.717) is 24.2 Å². The zero-order chi connectivity index (χ0) is 12.3. The second-order valence-corrected chi connectivity index (χ2v) is 4.25. The molecule has 0 bridgehead atoms. The number of aromatic nitrogens is 2. The number of hydrogen-bond acceptors (Lipinski definition) is 4. The highest BCUT2D eigenvalue weighted by molar-refractivity contribution is 5.28. The maximum atomic E-state index is 5.54. The van der Waals surface area contributed by atoms with Gasteiger partial charge in [0.1, 0.15) is 5.75 Å². The van der Waals surface area contributed by atoms with Crippen molar-refractivity contribution in [2.45, 2.75) is 33.3 Å². The number of ether oxygens (including phenoxy) is 1. The Hall–Kier alpha value is -1.84. The lowest BCUT2D eigenvalue weighted by Crippen LogP contribution is -1.96. The molecule has 0 fully saturated rings. The first-order valence-electron chi connectivity index (χ1n) is 5.67. The zero-order valence-corrected chi connectivity index (χ0v) is 10.3. The van der Waals surface area contributed by atoms with Crippen molar-refractivity contribution in [3.05, 3.63) is 41.5 Å². The highest BCUT2D eigenvalue weighted by Gasteiger charge is 2.04. The van der Waals surface area contributed by atoms with Crippen LogP contribution in [0.25, 0.3) is 0 Å². The molecule has 4 nitrogen and oxygen atoms in total. The zero-order valence-electron chi connectivity index (χ0n) is 10.3. The summed E-state index contributed by atoms with van der Waals surface area (Å²) >= 11 is 0. The van der Waals surface area contributed by atoms with Gasteiger partial charge in [-0.2, -0.15) is 4.98 Å². The van der Waals surface area contributed by atoms with Crippen molar-refractivity contribution in [1.29, 1.82) is 0 Å². The highest BCUT2D eigenvalue weighted by atomic mass is 16.5. The Morgan fingerprint density at radius 3 is 2.47 bits per heavy atom. The van der Waals surface area contributed by atoms with Gasteiger partial charge in [0.05, 0.1) is 0 Å². The summed E-state index contributed by atoms with van der Waals surface area (Å²) in [6.45, 7) is 6.42. The summed E-state index contributed by atoms with van der Waals surface area (Å²) in [5.41, 5.74) is 1.30. The van der Waals surface area contributed by atoms with Crippen LogP contribution >= 0.6 is 0 Å². The van der Waals surface area contributed by atoms with Gasteiger partial charge in [0, 0.05) is 0 Å². The molecular weight excluding hydrogens is 216 g/mol. The molecule has 4 heteroatoms. The lowest BCUT2D eigenvalue weighted by molar-refractivity contribution is 0.242. The maximum absolute atomic E-state index is 5.54. The van der Waals surface area contributed by atoms with Gasteiger partial charge in [-0.1, -0.05) is 31.1 Å². The standard InChI is InChI=1S/C13H16N2O2/c1-9(2)11-4-6-12(7-5-11)16-8-13-14-10(3)15-17-13/h4-7,9H,8H2,1-3H3. The largest absolute Gasteiger partial charge is 0.484 e. The molecule has 0 N–H and O–H groups in total. The van der Waals surface area contributed by atoms with Crippen molar-refractivity contribution in [2.75, 3.05) is 0 Å². The first kappa shape index (κ1) is 11.6. The van der Waals surface area contributed by atoms with Gasteiger partial charge in [0.2, 0.25) is 0 Å². The van der Waals surface area contributed by atoms with Gasteiger partial charge >= 0.3 is 0 Å². The first-order valence-corrected chi connectivity index (χ1v) is 5.67. The monoisotopic (exact) mass is 232 g/mol. The molecule has 1 aromatic heterocycles. The van der Waals surface area contributed by atoms with Crippen LogP contribution in [-0.2, 0) is 6.61 Å². The molecular formula is C13H16N2O2. The minimum atomic E-state index is 0.307. The van der Waals surface area contributed by atoms with Gasteiger partial charge in [-0.05, 0) is 30.5 Å². The Morgan fingerprint density at radius 2 is 1.94 bits per heavy atom. The van der Waals surface area contributed by atoms with Crippen molar-refractivity contribution in [1.82, 2.24) is 10.1 Å². The van der Waals surface area contributed by atoms with E-state index in [1.54, 1.807) is 6.92 Å². The molecule has 2 rings (SSSR count). The smallest absolute Gasteiger partial charge is 0.264 e. The number of aryl methyl sites for hydroxylation is 1. The molecule has 0 saturated heterocycles. The van der Waals surface area contributed by atoms with Crippen molar-refractivity contribution >= 4 is 0 Å². The molecule has 0 radical (unpaired) electrons. The van der Waals surface area contributed by atoms with Crippen LogP contribution in [0.3, 0.4) is 0 Å². The summed E-state index contributed by atoms with van der Waals surface area (Å²) in [4.78, 5) is 4.07. The third kappa shape index (κ3) is 3.06. The fraction of sp³-hybridized carbons (Fsp3) is 0.385. The second kappa shape index (κ2) is 4.99. The van der Waals surface area contributed by atoms with Crippen molar-refractivity contribution in [3.8, 4) is 5.75 Å². The van der Waals surface area contributed by atoms with E-state index < -0.39 is 0 Å². The fourth-order valence-corrected chi connectivity index (χ4v) is 1.49. The third-order valence-corrected chi connectivity index (χ3v) is 2.48. The molecule has 17 heavy (non-hydrogen) atoms. The number of benzene rings is 1. The maximum Gasteiger partial charge on any atom is 0.264 e. The predicted molar refractivity (Wildman–Crippen MR) is 63.9 cm³/mol. The van der Waals surface area contributed by atoms with Crippen LogP contribution in [0, 0.1) is 6.92 Å². The fourth-order valence-electron chi connectivity index (χ4n) is 1.49. The van der Waals surface area contributed by atoms with Gasteiger partial charge in [-0.25, -0.2) is 0 Å². The Balaban J connectivity index is 1.95. The molecule has 0 unspecified atom stereocenters. The van der Waals surface area contributed by atoms with Crippen LogP contribution < -0.4 is 4.74 Å². The highest BCUT2D eigenvalue weighted by Crippen LogP contribution is 2.19. The minimum absolute atomic E-state index is 0.307. The summed E-state index contributed by atoms with van der Waals surface area (Å²) in [7, 11) is 0. The van der Waals surface area contributed by atoms with E-state index in [-0.39, 0.29) is 0 Å². The molecule has 0 spiro atoms. The molecule has 0 saturated carbocycles. The average molecular weight is 232 g/mol. The van der Waals surface area contributed by atoms with E-state index in [1.807, 2.05) is 12.1 Å². The SMILES string of the molecule is Cc1noc(COc2ccc(C(C)C)cc2)n1. The Bertz CT molecular complexity index is 474. The molecule has 0 amide bonds. The topological polar surface area (TPSA) is 48.2 Å². The van der Waals surface area contributed by atoms with Gasteiger partial charge in [-0.3, -0.25) is 0 Å².